The number of fused-ring (bicyclic) bond motifs is 3. The van der Waals surface area contributed by atoms with Crippen LogP contribution in [0.25, 0.3) is 5.76 Å². The van der Waals surface area contributed by atoms with Crippen molar-refractivity contribution in [2.24, 2.45) is 17.6 Å². The molecule has 1 aromatic rings. The number of carbonyl (C=O) groups is 3. The van der Waals surface area contributed by atoms with Crippen LogP contribution in [-0.4, -0.2) is 81.0 Å². The molecule has 0 spiro atoms. The highest BCUT2D eigenvalue weighted by molar-refractivity contribution is 6.23. The first-order valence-electron chi connectivity index (χ1n) is 11.4. The van der Waals surface area contributed by atoms with Crippen molar-refractivity contribution in [1.82, 2.24) is 0 Å². The predicted octanol–water partition coefficient (Wildman–Crippen LogP) is -0.208. The molecule has 1 aromatic carbocycles. The van der Waals surface area contributed by atoms with Crippen LogP contribution in [0.1, 0.15) is 30.4 Å². The largest absolute Gasteiger partial charge is 0.508 e. The summed E-state index contributed by atoms with van der Waals surface area (Å²) in [5.41, 5.74) is 1.93. The molecule has 5 unspecified atom stereocenters. The van der Waals surface area contributed by atoms with E-state index in [2.05, 4.69) is 0 Å². The molecular weight excluding hydrogens is 460 g/mol. The van der Waals surface area contributed by atoms with Gasteiger partial charge in [0.05, 0.1) is 30.6 Å². The van der Waals surface area contributed by atoms with Crippen LogP contribution in [0.5, 0.6) is 5.75 Å². The van der Waals surface area contributed by atoms with Crippen molar-refractivity contribution in [3.63, 3.8) is 0 Å². The summed E-state index contributed by atoms with van der Waals surface area (Å²) in [5, 5.41) is 55.6. The number of phenolic OH excluding ortho intramolecular Hbond substituents is 1. The van der Waals surface area contributed by atoms with Crippen molar-refractivity contribution in [1.29, 1.82) is 0 Å². The average Bonchev–Trinajstić information content (AvgIpc) is 2.82. The Kier molecular flexibility index (Phi) is 5.20. The number of morpholine rings is 1. The normalized spacial score (nSPS) is 32.8. The van der Waals surface area contributed by atoms with Crippen LogP contribution >= 0.6 is 0 Å². The van der Waals surface area contributed by atoms with Crippen molar-refractivity contribution in [2.75, 3.05) is 31.2 Å². The molecule has 5 atom stereocenters. The zero-order valence-corrected chi connectivity index (χ0v) is 18.9. The molecule has 0 bridgehead atoms. The molecule has 11 heteroatoms. The lowest BCUT2D eigenvalue weighted by atomic mass is 9.55. The van der Waals surface area contributed by atoms with E-state index in [4.69, 9.17) is 10.5 Å². The van der Waals surface area contributed by atoms with Crippen LogP contribution in [-0.2, 0) is 19.1 Å². The summed E-state index contributed by atoms with van der Waals surface area (Å²) >= 11 is 0. The second-order valence-corrected chi connectivity index (χ2v) is 9.48. The van der Waals surface area contributed by atoms with Gasteiger partial charge in [-0.15, -0.1) is 0 Å². The summed E-state index contributed by atoms with van der Waals surface area (Å²) in [7, 11) is 0. The maximum Gasteiger partial charge on any atom is 0.255 e. The highest BCUT2D eigenvalue weighted by Gasteiger charge is 2.64. The SMILES string of the molecule is CC1c2ccc(N3CCOCC3)c(O)c2C(O)=C2C(=O)C3(O)C(O)=C(C(N)=O)C(=O)CC3C(O)C21. The zero-order chi connectivity index (χ0) is 25.4. The van der Waals surface area contributed by atoms with E-state index < -0.39 is 76.0 Å². The minimum absolute atomic E-state index is 0.0131. The molecule has 11 nitrogen and oxygen atoms in total. The fourth-order valence-electron chi connectivity index (χ4n) is 6.05. The second kappa shape index (κ2) is 7.80. The number of benzene rings is 1. The third-order valence-electron chi connectivity index (χ3n) is 7.83. The Labute approximate surface area is 199 Å². The number of phenols is 1. The number of carbonyl (C=O) groups excluding carboxylic acids is 3. The number of aliphatic hydroxyl groups is 4. The molecule has 1 saturated heterocycles. The van der Waals surface area contributed by atoms with Crippen molar-refractivity contribution in [2.45, 2.75) is 31.0 Å². The highest BCUT2D eigenvalue weighted by Crippen LogP contribution is 2.56. The quantitative estimate of drug-likeness (QED) is 0.305. The first-order chi connectivity index (χ1) is 16.5. The summed E-state index contributed by atoms with van der Waals surface area (Å²) in [6.07, 6.45) is -2.14. The fraction of sp³-hybridized carbons (Fsp3) is 0.458. The number of hydrogen-bond donors (Lipinski definition) is 6. The minimum atomic E-state index is -2.84. The number of anilines is 1. The number of hydrogen-bond acceptors (Lipinski definition) is 10. The molecule has 1 amide bonds. The van der Waals surface area contributed by atoms with Gasteiger partial charge in [-0.2, -0.15) is 0 Å². The van der Waals surface area contributed by atoms with Gasteiger partial charge in [0.1, 0.15) is 22.8 Å². The van der Waals surface area contributed by atoms with Gasteiger partial charge in [0, 0.05) is 36.9 Å². The number of ether oxygens (including phenoxy) is 1. The molecule has 3 aliphatic carbocycles. The fourth-order valence-corrected chi connectivity index (χ4v) is 6.05. The lowest BCUT2D eigenvalue weighted by Crippen LogP contribution is -2.63. The number of nitrogens with zero attached hydrogens (tertiary/aromatic N) is 1. The molecule has 4 aliphatic rings. The van der Waals surface area contributed by atoms with Gasteiger partial charge in [0.2, 0.25) is 5.78 Å². The smallest absolute Gasteiger partial charge is 0.255 e. The standard InChI is InChI=1S/C24H26N2O9/c1-9-10-2-3-12(26-4-6-35-7-5-26)19(29)15(10)20(30)17-14(9)18(28)11-8-13(27)16(23(25)33)21(31)24(11,34)22(17)32/h2-3,9,11,14,18,28-31,34H,4-8H2,1H3,(H2,25,33). The average molecular weight is 486 g/mol. The highest BCUT2D eigenvalue weighted by atomic mass is 16.5. The Morgan fingerprint density at radius 2 is 1.83 bits per heavy atom. The number of aromatic hydroxyl groups is 1. The van der Waals surface area contributed by atoms with Crippen molar-refractivity contribution < 1.29 is 44.7 Å². The molecule has 2 fully saturated rings. The Morgan fingerprint density at radius 1 is 1.17 bits per heavy atom. The van der Waals surface area contributed by atoms with Crippen molar-refractivity contribution in [3.05, 3.63) is 40.2 Å². The van der Waals surface area contributed by atoms with Crippen molar-refractivity contribution >= 4 is 28.9 Å². The number of primary amides is 1. The number of rotatable bonds is 2. The Balaban J connectivity index is 1.71. The Bertz CT molecular complexity index is 1230. The number of nitrogens with two attached hydrogens (primary N) is 1. The number of ketones is 2. The van der Waals surface area contributed by atoms with E-state index in [1.54, 1.807) is 19.1 Å². The monoisotopic (exact) mass is 486 g/mol. The molecule has 1 aliphatic heterocycles. The van der Waals surface area contributed by atoms with Crippen LogP contribution in [0.2, 0.25) is 0 Å². The maximum atomic E-state index is 13.7. The molecule has 0 radical (unpaired) electrons. The second-order valence-electron chi connectivity index (χ2n) is 9.48. The first kappa shape index (κ1) is 23.3. The molecule has 5 rings (SSSR count). The molecule has 1 heterocycles. The molecule has 0 aromatic heterocycles. The van der Waals surface area contributed by atoms with Crippen molar-refractivity contribution in [3.8, 4) is 5.75 Å². The summed E-state index contributed by atoms with van der Waals surface area (Å²) in [6, 6.07) is 3.39. The van der Waals surface area contributed by atoms with E-state index >= 15 is 0 Å². The Hall–Kier alpha value is -3.41. The van der Waals surface area contributed by atoms with E-state index in [1.807, 2.05) is 4.90 Å². The minimum Gasteiger partial charge on any atom is -0.508 e. The van der Waals surface area contributed by atoms with E-state index in [0.29, 0.717) is 37.6 Å². The van der Waals surface area contributed by atoms with Crippen LogP contribution in [0.4, 0.5) is 5.69 Å². The lowest BCUT2D eigenvalue weighted by molar-refractivity contribution is -0.160. The van der Waals surface area contributed by atoms with E-state index in [-0.39, 0.29) is 11.3 Å². The summed E-state index contributed by atoms with van der Waals surface area (Å²) in [6.45, 7) is 3.61. The third-order valence-corrected chi connectivity index (χ3v) is 7.83. The Morgan fingerprint density at radius 3 is 2.46 bits per heavy atom. The summed E-state index contributed by atoms with van der Waals surface area (Å²) in [5.74, 6) is -8.64. The number of amides is 1. The molecule has 35 heavy (non-hydrogen) atoms. The molecule has 186 valence electrons. The van der Waals surface area contributed by atoms with Gasteiger partial charge in [0.15, 0.2) is 11.4 Å². The van der Waals surface area contributed by atoms with Crippen LogP contribution in [0, 0.1) is 11.8 Å². The number of Topliss-reactive ketones (excluding diaryl/α,β-unsaturated/α-hetero) is 2. The van der Waals surface area contributed by atoms with Gasteiger partial charge >= 0.3 is 0 Å². The van der Waals surface area contributed by atoms with Gasteiger partial charge < -0.3 is 40.9 Å². The van der Waals surface area contributed by atoms with Gasteiger partial charge in [-0.25, -0.2) is 0 Å². The summed E-state index contributed by atoms with van der Waals surface area (Å²) < 4.78 is 5.35. The van der Waals surface area contributed by atoms with Crippen LogP contribution in [0.3, 0.4) is 0 Å². The number of aliphatic hydroxyl groups excluding tert-OH is 3. The maximum absolute atomic E-state index is 13.7. The predicted molar refractivity (Wildman–Crippen MR) is 121 cm³/mol. The van der Waals surface area contributed by atoms with E-state index in [1.165, 1.54) is 0 Å². The molecule has 1 saturated carbocycles. The van der Waals surface area contributed by atoms with Gasteiger partial charge in [0.25, 0.3) is 5.91 Å². The topological polar surface area (TPSA) is 191 Å². The van der Waals surface area contributed by atoms with Gasteiger partial charge in [-0.3, -0.25) is 14.4 Å². The van der Waals surface area contributed by atoms with Crippen LogP contribution < -0.4 is 10.6 Å². The molecule has 7 N–H and O–H groups in total. The van der Waals surface area contributed by atoms with E-state index in [9.17, 15) is 39.9 Å². The van der Waals surface area contributed by atoms with Gasteiger partial charge in [-0.05, 0) is 17.5 Å². The molecular formula is C24H26N2O9. The van der Waals surface area contributed by atoms with Crippen LogP contribution in [0.15, 0.2) is 29.0 Å². The third kappa shape index (κ3) is 2.98. The summed E-state index contributed by atoms with van der Waals surface area (Å²) in [4.78, 5) is 39.8. The van der Waals surface area contributed by atoms with Gasteiger partial charge in [-0.1, -0.05) is 13.0 Å². The first-order valence-corrected chi connectivity index (χ1v) is 11.4. The lowest BCUT2D eigenvalue weighted by Gasteiger charge is -2.50. The van der Waals surface area contributed by atoms with E-state index in [0.717, 1.165) is 0 Å². The zero-order valence-electron chi connectivity index (χ0n) is 18.9.